The highest BCUT2D eigenvalue weighted by Crippen LogP contribution is 2.17. The van der Waals surface area contributed by atoms with Crippen LogP contribution in [0.5, 0.6) is 0 Å². The predicted octanol–water partition coefficient (Wildman–Crippen LogP) is 2.92. The molecule has 1 aliphatic rings. The van der Waals surface area contributed by atoms with E-state index in [0.717, 1.165) is 48.7 Å². The summed E-state index contributed by atoms with van der Waals surface area (Å²) in [5.41, 5.74) is 2.15. The molecule has 1 aromatic carbocycles. The summed E-state index contributed by atoms with van der Waals surface area (Å²) >= 11 is 0. The molecule has 0 bridgehead atoms. The van der Waals surface area contributed by atoms with E-state index in [4.69, 9.17) is 4.52 Å². The van der Waals surface area contributed by atoms with Crippen LogP contribution in [0.25, 0.3) is 0 Å². The molecular formula is C18H21F2N3O2. The molecule has 0 aliphatic carbocycles. The lowest BCUT2D eigenvalue weighted by atomic mass is 10.2. The number of nitrogens with zero attached hydrogens (tertiary/aromatic N) is 3. The minimum absolute atomic E-state index is 0.179. The van der Waals surface area contributed by atoms with E-state index in [9.17, 15) is 13.6 Å². The van der Waals surface area contributed by atoms with Gasteiger partial charge in [-0.3, -0.25) is 9.69 Å². The third-order valence-electron chi connectivity index (χ3n) is 4.61. The monoisotopic (exact) mass is 349 g/mol. The molecule has 3 rings (SSSR count). The van der Waals surface area contributed by atoms with Crippen molar-refractivity contribution >= 4 is 5.91 Å². The van der Waals surface area contributed by atoms with Crippen LogP contribution in [0.2, 0.25) is 0 Å². The molecule has 0 radical (unpaired) electrons. The van der Waals surface area contributed by atoms with Gasteiger partial charge in [0.25, 0.3) is 5.91 Å². The summed E-state index contributed by atoms with van der Waals surface area (Å²) in [6.07, 6.45) is 0.818. The van der Waals surface area contributed by atoms with Crippen molar-refractivity contribution < 1.29 is 18.1 Å². The Morgan fingerprint density at radius 3 is 2.64 bits per heavy atom. The Morgan fingerprint density at radius 2 is 1.96 bits per heavy atom. The maximum Gasteiger partial charge on any atom is 0.254 e. The summed E-state index contributed by atoms with van der Waals surface area (Å²) in [6.45, 7) is 7.24. The van der Waals surface area contributed by atoms with Gasteiger partial charge in [0.05, 0.1) is 5.69 Å². The van der Waals surface area contributed by atoms with Crippen LogP contribution in [0.1, 0.15) is 33.8 Å². The van der Waals surface area contributed by atoms with E-state index in [1.165, 1.54) is 6.07 Å². The number of halogens is 2. The smallest absolute Gasteiger partial charge is 0.254 e. The number of hydrogen-bond acceptors (Lipinski definition) is 4. The molecule has 2 aromatic rings. The van der Waals surface area contributed by atoms with Gasteiger partial charge in [0.2, 0.25) is 0 Å². The van der Waals surface area contributed by atoms with Gasteiger partial charge in [-0.15, -0.1) is 0 Å². The van der Waals surface area contributed by atoms with E-state index in [1.54, 1.807) is 4.90 Å². The van der Waals surface area contributed by atoms with E-state index in [2.05, 4.69) is 10.1 Å². The van der Waals surface area contributed by atoms with Crippen molar-refractivity contribution in [1.29, 1.82) is 0 Å². The van der Waals surface area contributed by atoms with Crippen LogP contribution < -0.4 is 0 Å². The predicted molar refractivity (Wildman–Crippen MR) is 88.1 cm³/mol. The number of carbonyl (C=O) groups is 1. The zero-order chi connectivity index (χ0) is 18.0. The van der Waals surface area contributed by atoms with Gasteiger partial charge >= 0.3 is 0 Å². The lowest BCUT2D eigenvalue weighted by Crippen LogP contribution is -2.35. The molecule has 7 heteroatoms. The molecule has 134 valence electrons. The van der Waals surface area contributed by atoms with Crippen molar-refractivity contribution in [3.63, 3.8) is 0 Å². The summed E-state index contributed by atoms with van der Waals surface area (Å²) in [6, 6.07) is 3.28. The second-order valence-corrected chi connectivity index (χ2v) is 6.35. The minimum atomic E-state index is -0.999. The van der Waals surface area contributed by atoms with Gasteiger partial charge < -0.3 is 9.42 Å². The van der Waals surface area contributed by atoms with Crippen molar-refractivity contribution in [2.45, 2.75) is 26.8 Å². The van der Waals surface area contributed by atoms with Crippen molar-refractivity contribution in [3.8, 4) is 0 Å². The highest BCUT2D eigenvalue weighted by Gasteiger charge is 2.22. The molecule has 1 fully saturated rings. The standard InChI is InChI=1S/C18H21F2N3O2/c1-12-15(13(2)25-21-12)11-22-6-3-7-23(9-8-22)18(24)14-4-5-16(19)17(20)10-14/h4-5,10H,3,6-9,11H2,1-2H3. The Morgan fingerprint density at radius 1 is 1.16 bits per heavy atom. The molecule has 2 heterocycles. The number of hydrogen-bond donors (Lipinski definition) is 0. The molecule has 0 atom stereocenters. The maximum atomic E-state index is 13.4. The van der Waals surface area contributed by atoms with E-state index in [1.807, 2.05) is 13.8 Å². The molecule has 1 aromatic heterocycles. The van der Waals surface area contributed by atoms with Crippen molar-refractivity contribution in [3.05, 3.63) is 52.4 Å². The van der Waals surface area contributed by atoms with Gasteiger partial charge in [-0.25, -0.2) is 8.78 Å². The van der Waals surface area contributed by atoms with Crippen molar-refractivity contribution in [2.75, 3.05) is 26.2 Å². The molecular weight excluding hydrogens is 328 g/mol. The van der Waals surface area contributed by atoms with Gasteiger partial charge in [0, 0.05) is 43.9 Å². The molecule has 25 heavy (non-hydrogen) atoms. The third-order valence-corrected chi connectivity index (χ3v) is 4.61. The lowest BCUT2D eigenvalue weighted by Gasteiger charge is -2.22. The molecule has 0 saturated carbocycles. The summed E-state index contributed by atoms with van der Waals surface area (Å²) in [5.74, 6) is -1.40. The minimum Gasteiger partial charge on any atom is -0.361 e. The third kappa shape index (κ3) is 3.87. The topological polar surface area (TPSA) is 49.6 Å². The Labute approximate surface area is 145 Å². The summed E-state index contributed by atoms with van der Waals surface area (Å²) < 4.78 is 31.6. The van der Waals surface area contributed by atoms with Crippen molar-refractivity contribution in [2.24, 2.45) is 0 Å². The van der Waals surface area contributed by atoms with Crippen molar-refractivity contribution in [1.82, 2.24) is 15.0 Å². The fourth-order valence-electron chi connectivity index (χ4n) is 3.10. The number of benzene rings is 1. The first-order chi connectivity index (χ1) is 12.0. The van der Waals surface area contributed by atoms with Crippen LogP contribution in [-0.2, 0) is 6.54 Å². The summed E-state index contributed by atoms with van der Waals surface area (Å²) in [4.78, 5) is 16.5. The highest BCUT2D eigenvalue weighted by atomic mass is 19.2. The van der Waals surface area contributed by atoms with Crippen LogP contribution in [0.4, 0.5) is 8.78 Å². The summed E-state index contributed by atoms with van der Waals surface area (Å²) in [5, 5.41) is 3.97. The number of carbonyl (C=O) groups excluding carboxylic acids is 1. The zero-order valence-corrected chi connectivity index (χ0v) is 14.4. The number of amides is 1. The molecule has 1 amide bonds. The van der Waals surface area contributed by atoms with Gasteiger partial charge in [0.1, 0.15) is 5.76 Å². The van der Waals surface area contributed by atoms with Crippen LogP contribution in [0.3, 0.4) is 0 Å². The Balaban J connectivity index is 1.65. The van der Waals surface area contributed by atoms with Crippen LogP contribution >= 0.6 is 0 Å². The largest absolute Gasteiger partial charge is 0.361 e. The van der Waals surface area contributed by atoms with Gasteiger partial charge in [0.15, 0.2) is 11.6 Å². The lowest BCUT2D eigenvalue weighted by molar-refractivity contribution is 0.0760. The van der Waals surface area contributed by atoms with E-state index in [0.29, 0.717) is 19.6 Å². The van der Waals surface area contributed by atoms with Crippen LogP contribution in [0.15, 0.2) is 22.7 Å². The second-order valence-electron chi connectivity index (χ2n) is 6.35. The first-order valence-corrected chi connectivity index (χ1v) is 8.34. The Hall–Kier alpha value is -2.28. The maximum absolute atomic E-state index is 13.4. The molecule has 0 unspecified atom stereocenters. The van der Waals surface area contributed by atoms with Gasteiger partial charge in [-0.2, -0.15) is 0 Å². The Kier molecular flexibility index (Phi) is 5.13. The molecule has 1 saturated heterocycles. The van der Waals surface area contributed by atoms with Crippen LogP contribution in [0, 0.1) is 25.5 Å². The second kappa shape index (κ2) is 7.31. The van der Waals surface area contributed by atoms with E-state index >= 15 is 0 Å². The molecule has 0 N–H and O–H groups in total. The van der Waals surface area contributed by atoms with E-state index < -0.39 is 11.6 Å². The highest BCUT2D eigenvalue weighted by molar-refractivity contribution is 5.94. The summed E-state index contributed by atoms with van der Waals surface area (Å²) in [7, 11) is 0. The van der Waals surface area contributed by atoms with E-state index in [-0.39, 0.29) is 11.5 Å². The fraction of sp³-hybridized carbons (Fsp3) is 0.444. The fourth-order valence-corrected chi connectivity index (χ4v) is 3.10. The zero-order valence-electron chi connectivity index (χ0n) is 14.4. The van der Waals surface area contributed by atoms with Gasteiger partial charge in [-0.05, 0) is 38.5 Å². The first-order valence-electron chi connectivity index (χ1n) is 8.34. The first kappa shape index (κ1) is 17.5. The average Bonchev–Trinajstić information content (AvgIpc) is 2.79. The normalized spacial score (nSPS) is 16.1. The van der Waals surface area contributed by atoms with Gasteiger partial charge in [-0.1, -0.05) is 5.16 Å². The number of rotatable bonds is 3. The Bertz CT molecular complexity index is 756. The molecule has 1 aliphatic heterocycles. The SMILES string of the molecule is Cc1noc(C)c1CN1CCCN(C(=O)c2ccc(F)c(F)c2)CC1. The quantitative estimate of drug-likeness (QED) is 0.855. The molecule has 0 spiro atoms. The number of aryl methyl sites for hydroxylation is 2. The number of aromatic nitrogens is 1. The van der Waals surface area contributed by atoms with Crippen LogP contribution in [-0.4, -0.2) is 47.0 Å². The average molecular weight is 349 g/mol. The molecule has 5 nitrogen and oxygen atoms in total.